The predicted octanol–water partition coefficient (Wildman–Crippen LogP) is 3.57. The van der Waals surface area contributed by atoms with E-state index in [1.807, 2.05) is 0 Å². The molecule has 0 aromatic heterocycles. The molecule has 0 bridgehead atoms. The van der Waals surface area contributed by atoms with Gasteiger partial charge < -0.3 is 5.11 Å². The Hall–Kier alpha value is -0.600. The van der Waals surface area contributed by atoms with Gasteiger partial charge in [0.05, 0.1) is 6.10 Å². The van der Waals surface area contributed by atoms with Gasteiger partial charge in [-0.2, -0.15) is 0 Å². The minimum atomic E-state index is -0.427. The predicted molar refractivity (Wildman–Crippen MR) is 60.6 cm³/mol. The van der Waals surface area contributed by atoms with E-state index >= 15 is 0 Å². The number of unbranched alkanes of at least 4 members (excludes halogenated alkanes) is 1. The highest BCUT2D eigenvalue weighted by molar-refractivity contribution is 6.31. The van der Waals surface area contributed by atoms with Crippen molar-refractivity contribution in [3.8, 4) is 0 Å². The van der Waals surface area contributed by atoms with Crippen LogP contribution in [-0.4, -0.2) is 11.2 Å². The Morgan fingerprint density at radius 1 is 1.47 bits per heavy atom. The van der Waals surface area contributed by atoms with Crippen molar-refractivity contribution in [1.29, 1.82) is 0 Å². The first kappa shape index (κ1) is 12.5. The van der Waals surface area contributed by atoms with E-state index in [0.717, 1.165) is 19.3 Å². The number of aliphatic hydroxyl groups excluding tert-OH is 1. The van der Waals surface area contributed by atoms with E-state index in [4.69, 9.17) is 11.6 Å². The van der Waals surface area contributed by atoms with E-state index < -0.39 is 6.10 Å². The lowest BCUT2D eigenvalue weighted by molar-refractivity contribution is 0.161. The van der Waals surface area contributed by atoms with E-state index in [1.54, 1.807) is 0 Å². The van der Waals surface area contributed by atoms with Crippen LogP contribution < -0.4 is 0 Å². The molecule has 0 fully saturated rings. The van der Waals surface area contributed by atoms with Crippen LogP contribution in [0.1, 0.15) is 31.7 Å². The molecule has 0 amide bonds. The first-order valence-corrected chi connectivity index (χ1v) is 5.63. The Kier molecular flexibility index (Phi) is 5.06. The molecule has 1 aromatic rings. The van der Waals surface area contributed by atoms with Crippen LogP contribution in [0.15, 0.2) is 18.2 Å². The van der Waals surface area contributed by atoms with Gasteiger partial charge in [-0.25, -0.2) is 4.39 Å². The number of hydrogen-bond acceptors (Lipinski definition) is 1. The molecule has 0 aliphatic rings. The van der Waals surface area contributed by atoms with Crippen molar-refractivity contribution in [1.82, 2.24) is 0 Å². The second kappa shape index (κ2) is 6.09. The van der Waals surface area contributed by atoms with Crippen molar-refractivity contribution < 1.29 is 9.50 Å². The summed E-state index contributed by atoms with van der Waals surface area (Å²) in [5.41, 5.74) is 0.681. The SMILES string of the molecule is CCCCC(O)Cc1cc(F)ccc1Cl. The van der Waals surface area contributed by atoms with Gasteiger partial charge >= 0.3 is 0 Å². The molecule has 0 heterocycles. The van der Waals surface area contributed by atoms with Crippen molar-refractivity contribution in [3.63, 3.8) is 0 Å². The summed E-state index contributed by atoms with van der Waals surface area (Å²) in [6.07, 6.45) is 2.77. The van der Waals surface area contributed by atoms with Crippen LogP contribution in [0.25, 0.3) is 0 Å². The van der Waals surface area contributed by atoms with Gasteiger partial charge in [0.2, 0.25) is 0 Å². The lowest BCUT2D eigenvalue weighted by atomic mass is 10.0. The van der Waals surface area contributed by atoms with Crippen LogP contribution in [0, 0.1) is 5.82 Å². The van der Waals surface area contributed by atoms with Crippen molar-refractivity contribution in [3.05, 3.63) is 34.6 Å². The van der Waals surface area contributed by atoms with Crippen molar-refractivity contribution in [2.45, 2.75) is 38.7 Å². The molecule has 0 aliphatic carbocycles. The van der Waals surface area contributed by atoms with E-state index in [1.165, 1.54) is 18.2 Å². The van der Waals surface area contributed by atoms with Gasteiger partial charge in [-0.15, -0.1) is 0 Å². The maximum absolute atomic E-state index is 12.9. The first-order chi connectivity index (χ1) is 7.13. The number of hydrogen-bond donors (Lipinski definition) is 1. The quantitative estimate of drug-likeness (QED) is 0.820. The zero-order valence-corrected chi connectivity index (χ0v) is 9.60. The molecule has 1 aromatic carbocycles. The van der Waals surface area contributed by atoms with E-state index in [-0.39, 0.29) is 5.82 Å². The fourth-order valence-electron chi connectivity index (χ4n) is 1.50. The molecular weight excluding hydrogens is 215 g/mol. The molecule has 1 nitrogen and oxygen atoms in total. The largest absolute Gasteiger partial charge is 0.393 e. The monoisotopic (exact) mass is 230 g/mol. The molecule has 0 spiro atoms. The molecule has 84 valence electrons. The minimum absolute atomic E-state index is 0.308. The van der Waals surface area contributed by atoms with Crippen molar-refractivity contribution in [2.24, 2.45) is 0 Å². The number of aliphatic hydroxyl groups is 1. The van der Waals surface area contributed by atoms with Crippen molar-refractivity contribution in [2.75, 3.05) is 0 Å². The maximum atomic E-state index is 12.9. The highest BCUT2D eigenvalue weighted by atomic mass is 35.5. The highest BCUT2D eigenvalue weighted by Crippen LogP contribution is 2.19. The third kappa shape index (κ3) is 4.18. The van der Waals surface area contributed by atoms with E-state index in [9.17, 15) is 9.50 Å². The maximum Gasteiger partial charge on any atom is 0.123 e. The van der Waals surface area contributed by atoms with Crippen LogP contribution in [0.4, 0.5) is 4.39 Å². The van der Waals surface area contributed by atoms with Gasteiger partial charge in [-0.1, -0.05) is 31.4 Å². The molecule has 0 saturated heterocycles. The molecule has 15 heavy (non-hydrogen) atoms. The smallest absolute Gasteiger partial charge is 0.123 e. The summed E-state index contributed by atoms with van der Waals surface area (Å²) in [6, 6.07) is 4.24. The summed E-state index contributed by atoms with van der Waals surface area (Å²) >= 11 is 5.90. The summed E-state index contributed by atoms with van der Waals surface area (Å²) in [6.45, 7) is 2.07. The van der Waals surface area contributed by atoms with E-state index in [0.29, 0.717) is 17.0 Å². The van der Waals surface area contributed by atoms with E-state index in [2.05, 4.69) is 6.92 Å². The first-order valence-electron chi connectivity index (χ1n) is 5.25. The molecule has 1 N–H and O–H groups in total. The zero-order valence-electron chi connectivity index (χ0n) is 8.84. The van der Waals surface area contributed by atoms with Gasteiger partial charge in [0.1, 0.15) is 5.82 Å². The number of halogens is 2. The fourth-order valence-corrected chi connectivity index (χ4v) is 1.69. The lowest BCUT2D eigenvalue weighted by Gasteiger charge is -2.11. The van der Waals surface area contributed by atoms with Crippen LogP contribution in [0.2, 0.25) is 5.02 Å². The average Bonchev–Trinajstić information content (AvgIpc) is 2.20. The topological polar surface area (TPSA) is 20.2 Å². The van der Waals surface area contributed by atoms with Gasteiger partial charge in [-0.3, -0.25) is 0 Å². The summed E-state index contributed by atoms with van der Waals surface area (Å²) in [7, 11) is 0. The molecule has 3 heteroatoms. The Balaban J connectivity index is 2.59. The summed E-state index contributed by atoms with van der Waals surface area (Å²) in [5, 5.41) is 10.2. The minimum Gasteiger partial charge on any atom is -0.393 e. The molecule has 1 rings (SSSR count). The lowest BCUT2D eigenvalue weighted by Crippen LogP contribution is -2.10. The number of rotatable bonds is 5. The average molecular weight is 231 g/mol. The van der Waals surface area contributed by atoms with Crippen LogP contribution in [0.5, 0.6) is 0 Å². The fraction of sp³-hybridized carbons (Fsp3) is 0.500. The second-order valence-corrected chi connectivity index (χ2v) is 4.14. The van der Waals surface area contributed by atoms with Crippen LogP contribution in [-0.2, 0) is 6.42 Å². The normalized spacial score (nSPS) is 12.8. The van der Waals surface area contributed by atoms with Gasteiger partial charge in [0, 0.05) is 5.02 Å². The molecule has 1 atom stereocenters. The Labute approximate surface area is 94.9 Å². The molecule has 0 radical (unpaired) electrons. The van der Waals surface area contributed by atoms with Gasteiger partial charge in [0.15, 0.2) is 0 Å². The molecule has 0 aliphatic heterocycles. The van der Waals surface area contributed by atoms with Gasteiger partial charge in [-0.05, 0) is 36.6 Å². The summed E-state index contributed by atoms with van der Waals surface area (Å²) < 4.78 is 12.9. The second-order valence-electron chi connectivity index (χ2n) is 3.74. The number of benzene rings is 1. The summed E-state index contributed by atoms with van der Waals surface area (Å²) in [4.78, 5) is 0. The van der Waals surface area contributed by atoms with Crippen LogP contribution in [0.3, 0.4) is 0 Å². The molecule has 0 saturated carbocycles. The van der Waals surface area contributed by atoms with Gasteiger partial charge in [0.25, 0.3) is 0 Å². The Morgan fingerprint density at radius 2 is 2.20 bits per heavy atom. The Bertz CT molecular complexity index is 314. The van der Waals surface area contributed by atoms with Crippen LogP contribution >= 0.6 is 11.6 Å². The van der Waals surface area contributed by atoms with Crippen molar-refractivity contribution >= 4 is 11.6 Å². The highest BCUT2D eigenvalue weighted by Gasteiger charge is 2.08. The zero-order chi connectivity index (χ0) is 11.3. The third-order valence-electron chi connectivity index (χ3n) is 2.35. The third-order valence-corrected chi connectivity index (χ3v) is 2.72. The molecular formula is C12H16ClFO. The summed E-state index contributed by atoms with van der Waals surface area (Å²) in [5.74, 6) is -0.308. The standard InChI is InChI=1S/C12H16ClFO/c1-2-3-4-11(15)8-9-7-10(14)5-6-12(9)13/h5-7,11,15H,2-4,8H2,1H3. The Morgan fingerprint density at radius 3 is 2.87 bits per heavy atom. The molecule has 1 unspecified atom stereocenters.